The lowest BCUT2D eigenvalue weighted by Gasteiger charge is -2.29. The molecule has 0 aliphatic carbocycles. The first kappa shape index (κ1) is 16.4. The van der Waals surface area contributed by atoms with Gasteiger partial charge in [-0.05, 0) is 25.1 Å². The molecule has 2 atom stereocenters. The molecule has 1 aliphatic heterocycles. The van der Waals surface area contributed by atoms with Crippen molar-refractivity contribution in [1.82, 2.24) is 14.9 Å². The van der Waals surface area contributed by atoms with Crippen molar-refractivity contribution in [1.29, 1.82) is 0 Å². The van der Waals surface area contributed by atoms with Crippen LogP contribution in [-0.4, -0.2) is 57.8 Å². The topological polar surface area (TPSA) is 102 Å². The zero-order valence-corrected chi connectivity index (χ0v) is 13.4. The molecule has 7 heteroatoms. The van der Waals surface area contributed by atoms with E-state index >= 15 is 0 Å². The van der Waals surface area contributed by atoms with Gasteiger partial charge in [0.05, 0.1) is 25.4 Å². The van der Waals surface area contributed by atoms with Crippen molar-refractivity contribution >= 4 is 11.7 Å². The van der Waals surface area contributed by atoms with Crippen molar-refractivity contribution in [2.45, 2.75) is 19.1 Å². The maximum absolute atomic E-state index is 12.9. The van der Waals surface area contributed by atoms with Gasteiger partial charge in [0.15, 0.2) is 5.82 Å². The molecule has 0 spiro atoms. The highest BCUT2D eigenvalue weighted by Crippen LogP contribution is 2.21. The number of carbonyl (C=O) groups excluding carboxylic acids is 1. The normalized spacial score (nSPS) is 20.1. The van der Waals surface area contributed by atoms with Crippen LogP contribution >= 0.6 is 0 Å². The van der Waals surface area contributed by atoms with E-state index in [9.17, 15) is 9.90 Å². The predicted molar refractivity (Wildman–Crippen MR) is 89.2 cm³/mol. The average molecular weight is 328 g/mol. The molecule has 0 radical (unpaired) electrons. The lowest BCUT2D eigenvalue weighted by molar-refractivity contribution is 0.0520. The van der Waals surface area contributed by atoms with Gasteiger partial charge in [0.1, 0.15) is 5.82 Å². The number of aliphatic hydroxyl groups is 1. The number of benzene rings is 1. The Morgan fingerprint density at radius 2 is 2.25 bits per heavy atom. The number of amides is 1. The summed E-state index contributed by atoms with van der Waals surface area (Å²) in [7, 11) is 0. The van der Waals surface area contributed by atoms with Crippen molar-refractivity contribution in [3.8, 4) is 11.4 Å². The Balaban J connectivity index is 1.88. The van der Waals surface area contributed by atoms with E-state index in [1.807, 2.05) is 13.0 Å². The van der Waals surface area contributed by atoms with Crippen molar-refractivity contribution < 1.29 is 14.6 Å². The van der Waals surface area contributed by atoms with Crippen LogP contribution in [0.3, 0.4) is 0 Å². The highest BCUT2D eigenvalue weighted by Gasteiger charge is 2.34. The van der Waals surface area contributed by atoms with Crippen LogP contribution < -0.4 is 5.73 Å². The molecule has 2 aromatic rings. The van der Waals surface area contributed by atoms with Gasteiger partial charge in [-0.15, -0.1) is 0 Å². The summed E-state index contributed by atoms with van der Waals surface area (Å²) < 4.78 is 5.27. The summed E-state index contributed by atoms with van der Waals surface area (Å²) in [6.07, 6.45) is 0.922. The molecule has 7 nitrogen and oxygen atoms in total. The molecule has 3 N–H and O–H groups in total. The highest BCUT2D eigenvalue weighted by atomic mass is 16.5. The van der Waals surface area contributed by atoms with Crippen LogP contribution in [0.5, 0.6) is 0 Å². The summed E-state index contributed by atoms with van der Waals surface area (Å²) in [6.45, 7) is 2.97. The zero-order valence-electron chi connectivity index (χ0n) is 13.4. The van der Waals surface area contributed by atoms with E-state index < -0.39 is 6.10 Å². The third-order valence-electron chi connectivity index (χ3n) is 4.07. The minimum atomic E-state index is -0.658. The number of hydrogen-bond acceptors (Lipinski definition) is 6. The number of aromatic nitrogens is 2. The SMILES string of the molecule is CCN(C(=O)c1cccc(-c2nccc(N)n2)c1)[C@H]1COC[C@@H]1O. The molecule has 1 fully saturated rings. The van der Waals surface area contributed by atoms with Crippen LogP contribution in [0.2, 0.25) is 0 Å². The summed E-state index contributed by atoms with van der Waals surface area (Å²) in [5.41, 5.74) is 6.92. The standard InChI is InChI=1S/C17H20N4O3/c1-2-21(13-9-24-10-14(13)22)17(23)12-5-3-4-11(8-12)16-19-7-6-15(18)20-16/h3-8,13-14,22H,2,9-10H2,1H3,(H2,18,19,20)/t13-,14-/m0/s1. The van der Waals surface area contributed by atoms with E-state index in [-0.39, 0.29) is 18.6 Å². The highest BCUT2D eigenvalue weighted by molar-refractivity contribution is 5.95. The summed E-state index contributed by atoms with van der Waals surface area (Å²) in [6, 6.07) is 8.37. The quantitative estimate of drug-likeness (QED) is 0.866. The van der Waals surface area contributed by atoms with Crippen molar-refractivity contribution in [3.63, 3.8) is 0 Å². The van der Waals surface area contributed by atoms with E-state index in [0.29, 0.717) is 35.9 Å². The fraction of sp³-hybridized carbons (Fsp3) is 0.353. The lowest BCUT2D eigenvalue weighted by Crippen LogP contribution is -2.46. The van der Waals surface area contributed by atoms with Crippen LogP contribution in [-0.2, 0) is 4.74 Å². The molecule has 24 heavy (non-hydrogen) atoms. The number of hydrogen-bond donors (Lipinski definition) is 2. The molecule has 2 heterocycles. The average Bonchev–Trinajstić information content (AvgIpc) is 3.01. The Kier molecular flexibility index (Phi) is 4.73. The van der Waals surface area contributed by atoms with Crippen molar-refractivity contribution in [2.24, 2.45) is 0 Å². The number of nitrogens with zero attached hydrogens (tertiary/aromatic N) is 3. The minimum Gasteiger partial charge on any atom is -0.388 e. The van der Waals surface area contributed by atoms with E-state index in [1.54, 1.807) is 35.4 Å². The predicted octanol–water partition coefficient (Wildman–Crippen LogP) is 0.948. The number of rotatable bonds is 4. The molecule has 3 rings (SSSR count). The van der Waals surface area contributed by atoms with Crippen LogP contribution in [0.15, 0.2) is 36.5 Å². The number of nitrogen functional groups attached to an aromatic ring is 1. The Morgan fingerprint density at radius 3 is 2.92 bits per heavy atom. The zero-order chi connectivity index (χ0) is 17.1. The van der Waals surface area contributed by atoms with Gasteiger partial charge in [-0.2, -0.15) is 0 Å². The summed E-state index contributed by atoms with van der Waals surface area (Å²) in [4.78, 5) is 22.9. The van der Waals surface area contributed by atoms with Gasteiger partial charge in [0, 0.05) is 23.9 Å². The number of ether oxygens (including phenoxy) is 1. The van der Waals surface area contributed by atoms with Crippen LogP contribution in [0, 0.1) is 0 Å². The molecule has 1 aliphatic rings. The van der Waals surface area contributed by atoms with Gasteiger partial charge < -0.3 is 20.5 Å². The molecule has 1 aromatic carbocycles. The summed E-state index contributed by atoms with van der Waals surface area (Å²) in [5, 5.41) is 10.00. The van der Waals surface area contributed by atoms with Gasteiger partial charge in [0.25, 0.3) is 5.91 Å². The number of nitrogens with two attached hydrogens (primary N) is 1. The van der Waals surface area contributed by atoms with E-state index in [2.05, 4.69) is 9.97 Å². The van der Waals surface area contributed by atoms with E-state index in [4.69, 9.17) is 10.5 Å². The van der Waals surface area contributed by atoms with Crippen LogP contribution in [0.4, 0.5) is 5.82 Å². The Bertz CT molecular complexity index is 737. The van der Waals surface area contributed by atoms with Crippen LogP contribution in [0.1, 0.15) is 17.3 Å². The second-order valence-corrected chi connectivity index (χ2v) is 5.65. The van der Waals surface area contributed by atoms with Gasteiger partial charge in [-0.1, -0.05) is 12.1 Å². The molecular formula is C17H20N4O3. The first-order chi connectivity index (χ1) is 11.6. The first-order valence-electron chi connectivity index (χ1n) is 7.86. The number of likely N-dealkylation sites (N-methyl/N-ethyl adjacent to an activating group) is 1. The fourth-order valence-electron chi connectivity index (χ4n) is 2.83. The third-order valence-corrected chi connectivity index (χ3v) is 4.07. The Labute approximate surface area is 140 Å². The first-order valence-corrected chi connectivity index (χ1v) is 7.86. The maximum atomic E-state index is 12.9. The van der Waals surface area contributed by atoms with E-state index in [0.717, 1.165) is 0 Å². The van der Waals surface area contributed by atoms with Gasteiger partial charge in [-0.3, -0.25) is 4.79 Å². The summed E-state index contributed by atoms with van der Waals surface area (Å²) in [5.74, 6) is 0.688. The van der Waals surface area contributed by atoms with Gasteiger partial charge >= 0.3 is 0 Å². The van der Waals surface area contributed by atoms with Gasteiger partial charge in [0.2, 0.25) is 0 Å². The Hall–Kier alpha value is -2.51. The molecular weight excluding hydrogens is 308 g/mol. The Morgan fingerprint density at radius 1 is 1.42 bits per heavy atom. The second kappa shape index (κ2) is 6.94. The molecule has 1 saturated heterocycles. The van der Waals surface area contributed by atoms with E-state index in [1.165, 1.54) is 0 Å². The molecule has 1 aromatic heterocycles. The van der Waals surface area contributed by atoms with Crippen molar-refractivity contribution in [3.05, 3.63) is 42.1 Å². The largest absolute Gasteiger partial charge is 0.388 e. The van der Waals surface area contributed by atoms with Crippen molar-refractivity contribution in [2.75, 3.05) is 25.5 Å². The molecule has 0 bridgehead atoms. The monoisotopic (exact) mass is 328 g/mol. The lowest BCUT2D eigenvalue weighted by atomic mass is 10.1. The molecule has 126 valence electrons. The maximum Gasteiger partial charge on any atom is 0.254 e. The number of anilines is 1. The smallest absolute Gasteiger partial charge is 0.254 e. The van der Waals surface area contributed by atoms with Gasteiger partial charge in [-0.25, -0.2) is 9.97 Å². The minimum absolute atomic E-state index is 0.155. The molecule has 0 saturated carbocycles. The fourth-order valence-corrected chi connectivity index (χ4v) is 2.83. The second-order valence-electron chi connectivity index (χ2n) is 5.65. The molecule has 0 unspecified atom stereocenters. The third kappa shape index (κ3) is 3.22. The van der Waals surface area contributed by atoms with Crippen LogP contribution in [0.25, 0.3) is 11.4 Å². The molecule has 1 amide bonds. The number of carbonyl (C=O) groups is 1. The number of aliphatic hydroxyl groups excluding tert-OH is 1. The summed E-state index contributed by atoms with van der Waals surface area (Å²) >= 11 is 0.